The number of alkyl halides is 3. The van der Waals surface area contributed by atoms with Gasteiger partial charge >= 0.3 is 12.2 Å². The van der Waals surface area contributed by atoms with Gasteiger partial charge in [-0.15, -0.1) is 0 Å². The van der Waals surface area contributed by atoms with Gasteiger partial charge in [0.05, 0.1) is 0 Å². The summed E-state index contributed by atoms with van der Waals surface area (Å²) in [5.41, 5.74) is 2.30. The molecule has 12 heteroatoms. The van der Waals surface area contributed by atoms with Crippen molar-refractivity contribution >= 4 is 23.5 Å². The summed E-state index contributed by atoms with van der Waals surface area (Å²) in [6, 6.07) is 6.93. The van der Waals surface area contributed by atoms with E-state index in [-0.39, 0.29) is 24.3 Å². The molecule has 42 heavy (non-hydrogen) atoms. The van der Waals surface area contributed by atoms with Crippen LogP contribution in [0.5, 0.6) is 0 Å². The van der Waals surface area contributed by atoms with Crippen molar-refractivity contribution < 1.29 is 18.0 Å². The standard InChI is InChI=1S/C30H43F3N8O/c1-3-21-19-23(22-7-16-40(17-8-22)24-9-14-39(2)15-10-24)5-6-26(21)37-28-36-20-25(30(31,32)33)27(38-28)34-11-4-13-41-18-12-35-29(41)42/h5-6,19-20,22,24H,3-4,7-18H2,1-2H3,(H,35,42)(H2,34,36,37,38). The van der Waals surface area contributed by atoms with Crippen molar-refractivity contribution in [2.75, 3.05) is 70.0 Å². The lowest BCUT2D eigenvalue weighted by molar-refractivity contribution is -0.137. The minimum absolute atomic E-state index is 0.110. The predicted molar refractivity (Wildman–Crippen MR) is 158 cm³/mol. The number of hydrogen-bond donors (Lipinski definition) is 3. The molecular weight excluding hydrogens is 545 g/mol. The van der Waals surface area contributed by atoms with Crippen LogP contribution < -0.4 is 16.0 Å². The van der Waals surface area contributed by atoms with Crippen LogP contribution in [0.1, 0.15) is 61.6 Å². The smallest absolute Gasteiger partial charge is 0.369 e. The molecule has 5 rings (SSSR count). The number of carbonyl (C=O) groups is 1. The maximum Gasteiger partial charge on any atom is 0.421 e. The molecule has 3 aliphatic heterocycles. The molecule has 2 amide bonds. The van der Waals surface area contributed by atoms with Crippen molar-refractivity contribution in [2.45, 2.75) is 63.6 Å². The van der Waals surface area contributed by atoms with Crippen molar-refractivity contribution in [3.05, 3.63) is 41.1 Å². The lowest BCUT2D eigenvalue weighted by atomic mass is 9.86. The van der Waals surface area contributed by atoms with Crippen molar-refractivity contribution in [2.24, 2.45) is 0 Å². The van der Waals surface area contributed by atoms with Gasteiger partial charge in [-0.2, -0.15) is 18.2 Å². The third-order valence-corrected chi connectivity index (χ3v) is 8.90. The van der Waals surface area contributed by atoms with Crippen molar-refractivity contribution in [3.8, 4) is 0 Å². The van der Waals surface area contributed by atoms with E-state index >= 15 is 0 Å². The van der Waals surface area contributed by atoms with Crippen LogP contribution in [0.2, 0.25) is 0 Å². The zero-order valence-electron chi connectivity index (χ0n) is 24.6. The van der Waals surface area contributed by atoms with Gasteiger partial charge in [0.25, 0.3) is 0 Å². The van der Waals surface area contributed by atoms with E-state index in [9.17, 15) is 18.0 Å². The lowest BCUT2D eigenvalue weighted by Crippen LogP contribution is -2.46. The summed E-state index contributed by atoms with van der Waals surface area (Å²) in [7, 11) is 2.20. The van der Waals surface area contributed by atoms with Crippen LogP contribution in [0.3, 0.4) is 0 Å². The number of amides is 2. The number of aryl methyl sites for hydroxylation is 1. The van der Waals surface area contributed by atoms with Crippen LogP contribution >= 0.6 is 0 Å². The van der Waals surface area contributed by atoms with Crippen LogP contribution in [0, 0.1) is 0 Å². The number of urea groups is 1. The van der Waals surface area contributed by atoms with Gasteiger partial charge in [0.1, 0.15) is 11.4 Å². The maximum absolute atomic E-state index is 13.7. The molecule has 0 aliphatic carbocycles. The fourth-order valence-electron chi connectivity index (χ4n) is 6.35. The van der Waals surface area contributed by atoms with Crippen molar-refractivity contribution in [3.63, 3.8) is 0 Å². The highest BCUT2D eigenvalue weighted by Crippen LogP contribution is 2.36. The first-order valence-electron chi connectivity index (χ1n) is 15.2. The van der Waals surface area contributed by atoms with E-state index in [1.807, 2.05) is 6.07 Å². The molecule has 0 bridgehead atoms. The molecule has 0 spiro atoms. The van der Waals surface area contributed by atoms with Gasteiger partial charge in [0, 0.05) is 44.1 Å². The Kier molecular flexibility index (Phi) is 9.72. The number of likely N-dealkylation sites (tertiary alicyclic amines) is 2. The predicted octanol–water partition coefficient (Wildman–Crippen LogP) is 4.90. The second-order valence-electron chi connectivity index (χ2n) is 11.7. The number of halogens is 3. The second-order valence-corrected chi connectivity index (χ2v) is 11.7. The van der Waals surface area contributed by atoms with Gasteiger partial charge in [0.15, 0.2) is 0 Å². The quantitative estimate of drug-likeness (QED) is 0.340. The molecule has 4 heterocycles. The molecule has 3 saturated heterocycles. The Hall–Kier alpha value is -3.12. The van der Waals surface area contributed by atoms with Gasteiger partial charge in [-0.1, -0.05) is 19.1 Å². The van der Waals surface area contributed by atoms with Crippen LogP contribution in [0.4, 0.5) is 35.4 Å². The highest BCUT2D eigenvalue weighted by Gasteiger charge is 2.35. The number of piperidine rings is 2. The average molecular weight is 589 g/mol. The first-order valence-corrected chi connectivity index (χ1v) is 15.2. The SMILES string of the molecule is CCc1cc(C2CCN(C3CCN(C)CC3)CC2)ccc1Nc1ncc(C(F)(F)F)c(NCCCN2CCNC2=O)n1. The Balaban J connectivity index is 1.21. The lowest BCUT2D eigenvalue weighted by Gasteiger charge is -2.41. The Morgan fingerprint density at radius 2 is 1.83 bits per heavy atom. The Morgan fingerprint density at radius 3 is 2.50 bits per heavy atom. The molecular formula is C30H43F3N8O. The molecule has 3 aliphatic rings. The van der Waals surface area contributed by atoms with E-state index in [0.717, 1.165) is 49.8 Å². The minimum Gasteiger partial charge on any atom is -0.369 e. The topological polar surface area (TPSA) is 88.7 Å². The largest absolute Gasteiger partial charge is 0.421 e. The van der Waals surface area contributed by atoms with Gasteiger partial charge in [-0.25, -0.2) is 9.78 Å². The van der Waals surface area contributed by atoms with Gasteiger partial charge in [-0.3, -0.25) is 0 Å². The van der Waals surface area contributed by atoms with E-state index in [0.29, 0.717) is 38.0 Å². The monoisotopic (exact) mass is 588 g/mol. The summed E-state index contributed by atoms with van der Waals surface area (Å²) in [6.07, 6.45) is 2.29. The molecule has 0 atom stereocenters. The molecule has 1 aromatic heterocycles. The summed E-state index contributed by atoms with van der Waals surface area (Å²) in [6.45, 7) is 8.58. The van der Waals surface area contributed by atoms with Crippen molar-refractivity contribution in [1.29, 1.82) is 0 Å². The van der Waals surface area contributed by atoms with Crippen LogP contribution in [-0.2, 0) is 12.6 Å². The number of benzene rings is 1. The molecule has 3 N–H and O–H groups in total. The first-order chi connectivity index (χ1) is 20.2. The number of nitrogens with one attached hydrogen (secondary N) is 3. The number of carbonyl (C=O) groups excluding carboxylic acids is 1. The number of hydrogen-bond acceptors (Lipinski definition) is 7. The number of aromatic nitrogens is 2. The Morgan fingerprint density at radius 1 is 1.07 bits per heavy atom. The molecule has 2 aromatic rings. The fourth-order valence-corrected chi connectivity index (χ4v) is 6.35. The number of rotatable bonds is 10. The molecule has 0 unspecified atom stereocenters. The minimum atomic E-state index is -4.59. The summed E-state index contributed by atoms with van der Waals surface area (Å²) in [4.78, 5) is 26.6. The molecule has 1 aromatic carbocycles. The average Bonchev–Trinajstić information content (AvgIpc) is 3.40. The third kappa shape index (κ3) is 7.44. The second kappa shape index (κ2) is 13.5. The zero-order valence-corrected chi connectivity index (χ0v) is 24.6. The molecule has 230 valence electrons. The van der Waals surface area contributed by atoms with Crippen LogP contribution in [0.25, 0.3) is 0 Å². The van der Waals surface area contributed by atoms with Crippen LogP contribution in [-0.4, -0.2) is 96.1 Å². The summed E-state index contributed by atoms with van der Waals surface area (Å²) in [5.74, 6) is 0.354. The Bertz CT molecular complexity index is 1210. The fraction of sp³-hybridized carbons (Fsp3) is 0.633. The first kappa shape index (κ1) is 30.3. The van der Waals surface area contributed by atoms with E-state index in [2.05, 4.69) is 61.8 Å². The van der Waals surface area contributed by atoms with E-state index in [1.165, 1.54) is 31.5 Å². The number of anilines is 3. The van der Waals surface area contributed by atoms with E-state index in [4.69, 9.17) is 0 Å². The number of nitrogens with zero attached hydrogens (tertiary/aromatic N) is 5. The molecule has 3 fully saturated rings. The van der Waals surface area contributed by atoms with E-state index in [1.54, 1.807) is 4.90 Å². The van der Waals surface area contributed by atoms with Crippen molar-refractivity contribution in [1.82, 2.24) is 30.0 Å². The van der Waals surface area contributed by atoms with Crippen LogP contribution in [0.15, 0.2) is 24.4 Å². The zero-order chi connectivity index (χ0) is 29.7. The van der Waals surface area contributed by atoms with Gasteiger partial charge in [-0.05, 0) is 94.9 Å². The molecule has 0 radical (unpaired) electrons. The Labute approximate surface area is 246 Å². The van der Waals surface area contributed by atoms with E-state index < -0.39 is 11.7 Å². The summed E-state index contributed by atoms with van der Waals surface area (Å²) >= 11 is 0. The normalized spacial score (nSPS) is 19.7. The summed E-state index contributed by atoms with van der Waals surface area (Å²) < 4.78 is 41.1. The van der Waals surface area contributed by atoms with Gasteiger partial charge in [0.2, 0.25) is 5.95 Å². The molecule has 9 nitrogen and oxygen atoms in total. The maximum atomic E-state index is 13.7. The third-order valence-electron chi connectivity index (χ3n) is 8.90. The highest BCUT2D eigenvalue weighted by atomic mass is 19.4. The van der Waals surface area contributed by atoms with Gasteiger partial charge < -0.3 is 30.7 Å². The summed E-state index contributed by atoms with van der Waals surface area (Å²) in [5, 5.41) is 8.70. The molecule has 0 saturated carbocycles. The highest BCUT2D eigenvalue weighted by molar-refractivity contribution is 5.76.